The Labute approximate surface area is 175 Å². The van der Waals surface area contributed by atoms with E-state index < -0.39 is 0 Å². The molecular formula is C22H27BrN4O. The molecule has 2 heterocycles. The molecular weight excluding hydrogens is 416 g/mol. The molecule has 0 unspecified atom stereocenters. The van der Waals surface area contributed by atoms with E-state index in [1.54, 1.807) is 12.4 Å². The van der Waals surface area contributed by atoms with E-state index >= 15 is 0 Å². The minimum Gasteiger partial charge on any atom is -0.371 e. The summed E-state index contributed by atoms with van der Waals surface area (Å²) >= 11 is 3.55. The van der Waals surface area contributed by atoms with Crippen molar-refractivity contribution >= 4 is 33.3 Å². The van der Waals surface area contributed by atoms with Gasteiger partial charge >= 0.3 is 6.03 Å². The fourth-order valence-electron chi connectivity index (χ4n) is 3.77. The van der Waals surface area contributed by atoms with Crippen LogP contribution in [0.4, 0.5) is 10.5 Å². The summed E-state index contributed by atoms with van der Waals surface area (Å²) in [4.78, 5) is 18.8. The molecule has 1 aliphatic heterocycles. The van der Waals surface area contributed by atoms with Gasteiger partial charge in [0.15, 0.2) is 0 Å². The molecule has 1 saturated heterocycles. The van der Waals surface area contributed by atoms with Crippen LogP contribution in [-0.2, 0) is 6.54 Å². The van der Waals surface area contributed by atoms with Crippen LogP contribution in [0.1, 0.15) is 31.4 Å². The van der Waals surface area contributed by atoms with E-state index in [1.807, 2.05) is 30.3 Å². The first-order chi connectivity index (χ1) is 13.4. The van der Waals surface area contributed by atoms with E-state index in [1.165, 1.54) is 6.42 Å². The molecule has 1 fully saturated rings. The smallest absolute Gasteiger partial charge is 0.319 e. The number of nitrogens with one attached hydrogen (secondary N) is 2. The molecule has 0 saturated carbocycles. The van der Waals surface area contributed by atoms with Gasteiger partial charge in [-0.05, 0) is 48.1 Å². The van der Waals surface area contributed by atoms with Crippen molar-refractivity contribution in [2.45, 2.75) is 26.8 Å². The molecule has 0 aliphatic carbocycles. The zero-order valence-electron chi connectivity index (χ0n) is 16.4. The fraction of sp³-hybridized carbons (Fsp3) is 0.364. The Morgan fingerprint density at radius 2 is 2.04 bits per heavy atom. The molecule has 3 rings (SSSR count). The van der Waals surface area contributed by atoms with Crippen LogP contribution >= 0.6 is 15.9 Å². The van der Waals surface area contributed by atoms with Gasteiger partial charge in [0.05, 0.1) is 5.69 Å². The lowest BCUT2D eigenvalue weighted by atomic mass is 9.91. The Morgan fingerprint density at radius 3 is 2.71 bits per heavy atom. The third-order valence-corrected chi connectivity index (χ3v) is 5.46. The summed E-state index contributed by atoms with van der Waals surface area (Å²) < 4.78 is 0.961. The predicted octanol–water partition coefficient (Wildman–Crippen LogP) is 5.11. The number of pyridine rings is 1. The van der Waals surface area contributed by atoms with Gasteiger partial charge in [0.2, 0.25) is 0 Å². The van der Waals surface area contributed by atoms with Crippen LogP contribution in [0.2, 0.25) is 0 Å². The van der Waals surface area contributed by atoms with Crippen LogP contribution in [0.5, 0.6) is 0 Å². The minimum atomic E-state index is -0.249. The van der Waals surface area contributed by atoms with E-state index in [0.29, 0.717) is 18.4 Å². The van der Waals surface area contributed by atoms with Crippen LogP contribution < -0.4 is 10.6 Å². The zero-order valence-corrected chi connectivity index (χ0v) is 18.0. The van der Waals surface area contributed by atoms with Gasteiger partial charge in [-0.25, -0.2) is 4.79 Å². The van der Waals surface area contributed by atoms with Gasteiger partial charge in [0.1, 0.15) is 0 Å². The van der Waals surface area contributed by atoms with Crippen molar-refractivity contribution in [3.63, 3.8) is 0 Å². The van der Waals surface area contributed by atoms with E-state index in [9.17, 15) is 4.79 Å². The highest BCUT2D eigenvalue weighted by Crippen LogP contribution is 2.32. The first-order valence-corrected chi connectivity index (χ1v) is 10.4. The highest BCUT2D eigenvalue weighted by Gasteiger charge is 2.24. The van der Waals surface area contributed by atoms with Gasteiger partial charge in [-0.1, -0.05) is 42.4 Å². The SMILES string of the molecule is C=C(c1cc(Br)ccc1NC(=O)NCc1cccnc1)N1C[C@H](C)C[C@H](C)C1. The quantitative estimate of drug-likeness (QED) is 0.675. The second-order valence-electron chi connectivity index (χ2n) is 7.66. The van der Waals surface area contributed by atoms with Crippen LogP contribution in [0, 0.1) is 11.8 Å². The Bertz CT molecular complexity index is 830. The van der Waals surface area contributed by atoms with Gasteiger partial charge < -0.3 is 15.5 Å². The summed E-state index contributed by atoms with van der Waals surface area (Å²) in [6.07, 6.45) is 4.70. The van der Waals surface area contributed by atoms with Crippen molar-refractivity contribution in [2.75, 3.05) is 18.4 Å². The third kappa shape index (κ3) is 5.35. The van der Waals surface area contributed by atoms with Gasteiger partial charge in [0.25, 0.3) is 0 Å². The molecule has 6 heteroatoms. The van der Waals surface area contributed by atoms with Gasteiger partial charge in [-0.3, -0.25) is 4.98 Å². The number of carbonyl (C=O) groups excluding carboxylic acids is 1. The lowest BCUT2D eigenvalue weighted by Gasteiger charge is -2.38. The van der Waals surface area contributed by atoms with Crippen molar-refractivity contribution in [2.24, 2.45) is 11.8 Å². The Morgan fingerprint density at radius 1 is 1.29 bits per heavy atom. The van der Waals surface area contributed by atoms with Gasteiger partial charge in [-0.15, -0.1) is 0 Å². The topological polar surface area (TPSA) is 57.3 Å². The molecule has 148 valence electrons. The van der Waals surface area contributed by atoms with Crippen LogP contribution in [0.3, 0.4) is 0 Å². The summed E-state index contributed by atoms with van der Waals surface area (Å²) in [5.41, 5.74) is 3.59. The normalized spacial score (nSPS) is 19.2. The highest BCUT2D eigenvalue weighted by molar-refractivity contribution is 9.10. The van der Waals surface area contributed by atoms with Crippen molar-refractivity contribution < 1.29 is 4.79 Å². The third-order valence-electron chi connectivity index (χ3n) is 4.97. The first kappa shape index (κ1) is 20.4. The van der Waals surface area contributed by atoms with E-state index in [2.05, 4.69) is 56.9 Å². The Kier molecular flexibility index (Phi) is 6.73. The van der Waals surface area contributed by atoms with Crippen LogP contribution in [-0.4, -0.2) is 29.0 Å². The van der Waals surface area contributed by atoms with Crippen molar-refractivity contribution in [1.82, 2.24) is 15.2 Å². The number of hydrogen-bond acceptors (Lipinski definition) is 3. The number of carbonyl (C=O) groups is 1. The average molecular weight is 443 g/mol. The molecule has 2 atom stereocenters. The maximum absolute atomic E-state index is 12.4. The molecule has 28 heavy (non-hydrogen) atoms. The second kappa shape index (κ2) is 9.24. The van der Waals surface area contributed by atoms with Crippen molar-refractivity contribution in [1.29, 1.82) is 0 Å². The summed E-state index contributed by atoms with van der Waals surface area (Å²) in [5, 5.41) is 5.85. The molecule has 0 radical (unpaired) electrons. The number of amides is 2. The number of rotatable bonds is 5. The number of halogens is 1. The molecule has 1 aromatic carbocycles. The maximum Gasteiger partial charge on any atom is 0.319 e. The van der Waals surface area contributed by atoms with Crippen LogP contribution in [0.25, 0.3) is 5.70 Å². The molecule has 0 spiro atoms. The monoisotopic (exact) mass is 442 g/mol. The second-order valence-corrected chi connectivity index (χ2v) is 8.57. The fourth-order valence-corrected chi connectivity index (χ4v) is 4.13. The highest BCUT2D eigenvalue weighted by atomic mass is 79.9. The maximum atomic E-state index is 12.4. The summed E-state index contributed by atoms with van der Waals surface area (Å²) in [6, 6.07) is 9.38. The van der Waals surface area contributed by atoms with E-state index in [-0.39, 0.29) is 6.03 Å². The minimum absolute atomic E-state index is 0.249. The molecule has 1 aromatic heterocycles. The van der Waals surface area contributed by atoms with E-state index in [0.717, 1.165) is 40.1 Å². The number of urea groups is 1. The average Bonchev–Trinajstić information content (AvgIpc) is 2.67. The number of benzene rings is 1. The van der Waals surface area contributed by atoms with Gasteiger partial charge in [0, 0.05) is 47.8 Å². The summed E-state index contributed by atoms with van der Waals surface area (Å²) in [7, 11) is 0. The Balaban J connectivity index is 1.71. The number of anilines is 1. The summed E-state index contributed by atoms with van der Waals surface area (Å²) in [5.74, 6) is 1.26. The molecule has 1 aliphatic rings. The largest absolute Gasteiger partial charge is 0.371 e. The number of hydrogen-bond donors (Lipinski definition) is 2. The molecule has 2 aromatic rings. The number of nitrogens with zero attached hydrogens (tertiary/aromatic N) is 2. The lowest BCUT2D eigenvalue weighted by molar-refractivity contribution is 0.204. The van der Waals surface area contributed by atoms with Crippen molar-refractivity contribution in [3.8, 4) is 0 Å². The van der Waals surface area contributed by atoms with Crippen LogP contribution in [0.15, 0.2) is 53.8 Å². The lowest BCUT2D eigenvalue weighted by Crippen LogP contribution is -2.37. The molecule has 2 amide bonds. The Hall–Kier alpha value is -2.34. The van der Waals surface area contributed by atoms with Crippen molar-refractivity contribution in [3.05, 3.63) is 64.9 Å². The zero-order chi connectivity index (χ0) is 20.1. The van der Waals surface area contributed by atoms with Gasteiger partial charge in [-0.2, -0.15) is 0 Å². The number of piperidine rings is 1. The van der Waals surface area contributed by atoms with E-state index in [4.69, 9.17) is 0 Å². The number of aromatic nitrogens is 1. The first-order valence-electron chi connectivity index (χ1n) is 9.60. The number of likely N-dealkylation sites (tertiary alicyclic amines) is 1. The molecule has 2 N–H and O–H groups in total. The summed E-state index contributed by atoms with van der Waals surface area (Å²) in [6.45, 7) is 11.3. The molecule has 0 bridgehead atoms. The standard InChI is InChI=1S/C22H27BrN4O/c1-15-9-16(2)14-27(13-15)17(3)20-10-19(23)6-7-21(20)26-22(28)25-12-18-5-4-8-24-11-18/h4-8,10-11,15-16H,3,9,12-14H2,1-2H3,(H2,25,26,28)/t15-,16+. The molecule has 5 nitrogen and oxygen atoms in total. The predicted molar refractivity (Wildman–Crippen MR) is 118 cm³/mol.